The Kier molecular flexibility index (Phi) is 5.55. The van der Waals surface area contributed by atoms with E-state index in [9.17, 15) is 4.79 Å². The molecule has 0 spiro atoms. The molecule has 0 radical (unpaired) electrons. The molecule has 0 saturated carbocycles. The van der Waals surface area contributed by atoms with E-state index in [4.69, 9.17) is 16.3 Å². The van der Waals surface area contributed by atoms with Crippen LogP contribution in [-0.4, -0.2) is 18.7 Å². The number of hydrogen-bond acceptors (Lipinski definition) is 3. The number of carbonyl (C=O) groups is 1. The first kappa shape index (κ1) is 16.0. The van der Waals surface area contributed by atoms with Crippen molar-refractivity contribution >= 4 is 23.7 Å². The standard InChI is InChI=1S/C17H17ClN2O2/c1-12-5-3-8-16(13(12)2)22-11-17(21)20-19-10-14-6-4-7-15(18)9-14/h3-10H,11H2,1-2H3,(H,20,21)/b19-10+. The maximum absolute atomic E-state index is 11.7. The van der Waals surface area contributed by atoms with Crippen molar-refractivity contribution in [3.63, 3.8) is 0 Å². The fraction of sp³-hybridized carbons (Fsp3) is 0.176. The molecule has 0 atom stereocenters. The van der Waals surface area contributed by atoms with Crippen LogP contribution in [0.15, 0.2) is 47.6 Å². The van der Waals surface area contributed by atoms with Crippen LogP contribution >= 0.6 is 11.6 Å². The van der Waals surface area contributed by atoms with Crippen LogP contribution in [-0.2, 0) is 4.79 Å². The van der Waals surface area contributed by atoms with Crippen LogP contribution in [0.2, 0.25) is 5.02 Å². The quantitative estimate of drug-likeness (QED) is 0.678. The fourth-order valence-corrected chi connectivity index (χ4v) is 2.02. The van der Waals surface area contributed by atoms with Crippen molar-refractivity contribution in [3.8, 4) is 5.75 Å². The summed E-state index contributed by atoms with van der Waals surface area (Å²) in [7, 11) is 0. The minimum absolute atomic E-state index is 0.0861. The van der Waals surface area contributed by atoms with Crippen LogP contribution in [0.5, 0.6) is 5.75 Å². The lowest BCUT2D eigenvalue weighted by Gasteiger charge is -2.09. The Morgan fingerprint density at radius 2 is 2.05 bits per heavy atom. The molecule has 0 aliphatic rings. The molecule has 2 aromatic rings. The van der Waals surface area contributed by atoms with E-state index >= 15 is 0 Å². The highest BCUT2D eigenvalue weighted by atomic mass is 35.5. The van der Waals surface area contributed by atoms with Crippen molar-refractivity contribution in [1.29, 1.82) is 0 Å². The number of hydrazone groups is 1. The van der Waals surface area contributed by atoms with Gasteiger partial charge < -0.3 is 4.74 Å². The molecule has 0 saturated heterocycles. The molecule has 0 fully saturated rings. The lowest BCUT2D eigenvalue weighted by atomic mass is 10.1. The van der Waals surface area contributed by atoms with Gasteiger partial charge >= 0.3 is 0 Å². The highest BCUT2D eigenvalue weighted by Crippen LogP contribution is 2.20. The number of aryl methyl sites for hydroxylation is 1. The summed E-state index contributed by atoms with van der Waals surface area (Å²) in [5.41, 5.74) is 5.37. The molecule has 4 nitrogen and oxygen atoms in total. The zero-order chi connectivity index (χ0) is 15.9. The number of carbonyl (C=O) groups excluding carboxylic acids is 1. The Morgan fingerprint density at radius 3 is 2.82 bits per heavy atom. The second kappa shape index (κ2) is 7.61. The first-order valence-electron chi connectivity index (χ1n) is 6.83. The average molecular weight is 317 g/mol. The van der Waals surface area contributed by atoms with Crippen LogP contribution in [0.3, 0.4) is 0 Å². The molecular weight excluding hydrogens is 300 g/mol. The predicted octanol–water partition coefficient (Wildman–Crippen LogP) is 3.49. The third kappa shape index (κ3) is 4.60. The van der Waals surface area contributed by atoms with Gasteiger partial charge in [-0.1, -0.05) is 35.9 Å². The van der Waals surface area contributed by atoms with Gasteiger partial charge in [-0.15, -0.1) is 0 Å². The van der Waals surface area contributed by atoms with Crippen LogP contribution in [0.4, 0.5) is 0 Å². The Bertz CT molecular complexity index is 699. The average Bonchev–Trinajstić information content (AvgIpc) is 2.49. The van der Waals surface area contributed by atoms with E-state index in [0.29, 0.717) is 10.8 Å². The molecule has 0 aliphatic carbocycles. The van der Waals surface area contributed by atoms with Crippen molar-refractivity contribution < 1.29 is 9.53 Å². The maximum atomic E-state index is 11.7. The molecule has 0 aromatic heterocycles. The largest absolute Gasteiger partial charge is 0.483 e. The van der Waals surface area contributed by atoms with Gasteiger partial charge in [0.05, 0.1) is 6.21 Å². The van der Waals surface area contributed by atoms with Gasteiger partial charge in [0.2, 0.25) is 0 Å². The first-order chi connectivity index (χ1) is 10.6. The Labute approximate surface area is 134 Å². The van der Waals surface area contributed by atoms with E-state index in [1.807, 2.05) is 44.2 Å². The summed E-state index contributed by atoms with van der Waals surface area (Å²) in [4.78, 5) is 11.7. The SMILES string of the molecule is Cc1cccc(OCC(=O)N/N=C/c2cccc(Cl)c2)c1C. The van der Waals surface area contributed by atoms with Gasteiger partial charge in [0.25, 0.3) is 5.91 Å². The zero-order valence-corrected chi connectivity index (χ0v) is 13.2. The number of halogens is 1. The normalized spacial score (nSPS) is 10.7. The van der Waals surface area contributed by atoms with E-state index in [2.05, 4.69) is 10.5 Å². The van der Waals surface area contributed by atoms with Crippen LogP contribution in [0, 0.1) is 13.8 Å². The number of nitrogens with zero attached hydrogens (tertiary/aromatic N) is 1. The van der Waals surface area contributed by atoms with Gasteiger partial charge in [-0.3, -0.25) is 4.79 Å². The minimum atomic E-state index is -0.320. The lowest BCUT2D eigenvalue weighted by molar-refractivity contribution is -0.123. The van der Waals surface area contributed by atoms with Crippen molar-refractivity contribution in [2.75, 3.05) is 6.61 Å². The second-order valence-corrected chi connectivity index (χ2v) is 5.27. The Hall–Kier alpha value is -2.33. The maximum Gasteiger partial charge on any atom is 0.277 e. The number of rotatable bonds is 5. The topological polar surface area (TPSA) is 50.7 Å². The van der Waals surface area contributed by atoms with Gasteiger partial charge in [0, 0.05) is 5.02 Å². The monoisotopic (exact) mass is 316 g/mol. The van der Waals surface area contributed by atoms with Gasteiger partial charge in [0.1, 0.15) is 5.75 Å². The molecule has 1 amide bonds. The summed E-state index contributed by atoms with van der Waals surface area (Å²) < 4.78 is 5.49. The summed E-state index contributed by atoms with van der Waals surface area (Å²) >= 11 is 5.86. The van der Waals surface area contributed by atoms with Crippen molar-refractivity contribution in [1.82, 2.24) is 5.43 Å². The van der Waals surface area contributed by atoms with E-state index in [1.54, 1.807) is 12.1 Å². The van der Waals surface area contributed by atoms with Gasteiger partial charge in [0.15, 0.2) is 6.61 Å². The number of hydrogen-bond donors (Lipinski definition) is 1. The first-order valence-corrected chi connectivity index (χ1v) is 7.20. The molecule has 0 bridgehead atoms. The molecule has 0 aliphatic heterocycles. The third-order valence-corrected chi connectivity index (χ3v) is 3.40. The van der Waals surface area contributed by atoms with Gasteiger partial charge in [-0.2, -0.15) is 5.10 Å². The van der Waals surface area contributed by atoms with Gasteiger partial charge in [-0.25, -0.2) is 5.43 Å². The molecule has 0 unspecified atom stereocenters. The minimum Gasteiger partial charge on any atom is -0.483 e. The number of amides is 1. The summed E-state index contributed by atoms with van der Waals surface area (Å²) in [6, 6.07) is 12.9. The fourth-order valence-electron chi connectivity index (χ4n) is 1.82. The van der Waals surface area contributed by atoms with E-state index in [0.717, 1.165) is 16.7 Å². The second-order valence-electron chi connectivity index (χ2n) is 4.83. The molecule has 114 valence electrons. The molecule has 1 N–H and O–H groups in total. The molecule has 2 rings (SSSR count). The molecule has 22 heavy (non-hydrogen) atoms. The number of benzene rings is 2. The smallest absolute Gasteiger partial charge is 0.277 e. The van der Waals surface area contributed by atoms with E-state index < -0.39 is 0 Å². The highest BCUT2D eigenvalue weighted by molar-refractivity contribution is 6.30. The van der Waals surface area contributed by atoms with Gasteiger partial charge in [-0.05, 0) is 48.7 Å². The van der Waals surface area contributed by atoms with Crippen molar-refractivity contribution in [2.45, 2.75) is 13.8 Å². The van der Waals surface area contributed by atoms with Crippen molar-refractivity contribution in [3.05, 3.63) is 64.2 Å². The third-order valence-electron chi connectivity index (χ3n) is 3.17. The van der Waals surface area contributed by atoms with Crippen molar-refractivity contribution in [2.24, 2.45) is 5.10 Å². The zero-order valence-electron chi connectivity index (χ0n) is 12.5. The number of nitrogens with one attached hydrogen (secondary N) is 1. The Balaban J connectivity index is 1.84. The predicted molar refractivity (Wildman–Crippen MR) is 88.6 cm³/mol. The van der Waals surface area contributed by atoms with Crippen LogP contribution < -0.4 is 10.2 Å². The molecule has 2 aromatic carbocycles. The van der Waals surface area contributed by atoms with Crippen LogP contribution in [0.1, 0.15) is 16.7 Å². The van der Waals surface area contributed by atoms with Crippen LogP contribution in [0.25, 0.3) is 0 Å². The molecule has 0 heterocycles. The Morgan fingerprint density at radius 1 is 1.27 bits per heavy atom. The lowest BCUT2D eigenvalue weighted by Crippen LogP contribution is -2.24. The van der Waals surface area contributed by atoms with E-state index in [-0.39, 0.29) is 12.5 Å². The number of ether oxygens (including phenoxy) is 1. The summed E-state index contributed by atoms with van der Waals surface area (Å²) in [5, 5.41) is 4.49. The highest BCUT2D eigenvalue weighted by Gasteiger charge is 2.05. The summed E-state index contributed by atoms with van der Waals surface area (Å²) in [5.74, 6) is 0.383. The summed E-state index contributed by atoms with van der Waals surface area (Å²) in [6.07, 6.45) is 1.53. The molecule has 5 heteroatoms. The van der Waals surface area contributed by atoms with E-state index in [1.165, 1.54) is 6.21 Å². The molecular formula is C17H17ClN2O2. The summed E-state index contributed by atoms with van der Waals surface area (Å²) in [6.45, 7) is 3.87.